The average Bonchev–Trinajstić information content (AvgIpc) is 2.59. The first-order valence-corrected chi connectivity index (χ1v) is 5.30. The Hall–Kier alpha value is -0.650. The van der Waals surface area contributed by atoms with Crippen LogP contribution in [0.1, 0.15) is 12.8 Å². The van der Waals surface area contributed by atoms with Crippen molar-refractivity contribution in [1.82, 2.24) is 15.3 Å². The van der Waals surface area contributed by atoms with Crippen LogP contribution in [0.15, 0.2) is 12.4 Å². The first-order chi connectivity index (χ1) is 7.31. The predicted octanol–water partition coefficient (Wildman–Crippen LogP) is 1.40. The second kappa shape index (κ2) is 5.80. The van der Waals surface area contributed by atoms with Gasteiger partial charge in [-0.15, -0.1) is 24.8 Å². The van der Waals surface area contributed by atoms with E-state index in [-0.39, 0.29) is 30.6 Å². The van der Waals surface area contributed by atoms with Crippen molar-refractivity contribution < 1.29 is 4.39 Å². The molecule has 2 unspecified atom stereocenters. The van der Waals surface area contributed by atoms with Gasteiger partial charge in [0.2, 0.25) is 5.95 Å². The normalized spacial score (nSPS) is 26.1. The van der Waals surface area contributed by atoms with E-state index in [0.717, 1.165) is 13.1 Å². The number of nitrogens with one attached hydrogen (secondary N) is 1. The minimum absolute atomic E-state index is 0. The van der Waals surface area contributed by atoms with Gasteiger partial charge < -0.3 is 10.2 Å². The molecule has 17 heavy (non-hydrogen) atoms. The minimum Gasteiger partial charge on any atom is -0.338 e. The number of aromatic nitrogens is 2. The molecule has 2 aliphatic heterocycles. The molecule has 1 aromatic heterocycles. The van der Waals surface area contributed by atoms with Crippen LogP contribution in [0.25, 0.3) is 0 Å². The predicted molar refractivity (Wildman–Crippen MR) is 68.6 cm³/mol. The van der Waals surface area contributed by atoms with Crippen LogP contribution in [0.3, 0.4) is 0 Å². The fourth-order valence-corrected chi connectivity index (χ4v) is 2.43. The van der Waals surface area contributed by atoms with Gasteiger partial charge in [-0.05, 0) is 12.8 Å². The van der Waals surface area contributed by atoms with E-state index in [9.17, 15) is 4.39 Å². The van der Waals surface area contributed by atoms with E-state index in [1.54, 1.807) is 0 Å². The standard InChI is InChI=1S/C10H13FN4.2ClH/c11-7-3-12-10(13-4-7)15-5-8-1-2-9(6-15)14-8;;/h3-4,8-9,14H,1-2,5-6H2;2*1H. The van der Waals surface area contributed by atoms with Crippen molar-refractivity contribution in [1.29, 1.82) is 0 Å². The van der Waals surface area contributed by atoms with E-state index in [4.69, 9.17) is 0 Å². The summed E-state index contributed by atoms with van der Waals surface area (Å²) in [5.74, 6) is 0.270. The summed E-state index contributed by atoms with van der Waals surface area (Å²) in [6, 6.07) is 1.11. The van der Waals surface area contributed by atoms with Crippen LogP contribution < -0.4 is 10.2 Å². The van der Waals surface area contributed by atoms with Crippen molar-refractivity contribution in [3.8, 4) is 0 Å². The van der Waals surface area contributed by atoms with Crippen LogP contribution in [-0.4, -0.2) is 35.1 Å². The lowest BCUT2D eigenvalue weighted by Gasteiger charge is -2.32. The number of piperazine rings is 1. The van der Waals surface area contributed by atoms with Gasteiger partial charge in [-0.2, -0.15) is 0 Å². The highest BCUT2D eigenvalue weighted by Crippen LogP contribution is 2.22. The maximum Gasteiger partial charge on any atom is 0.225 e. The van der Waals surface area contributed by atoms with Crippen molar-refractivity contribution in [2.24, 2.45) is 0 Å². The van der Waals surface area contributed by atoms with Crippen LogP contribution in [0.2, 0.25) is 0 Å². The molecule has 2 saturated heterocycles. The van der Waals surface area contributed by atoms with Gasteiger partial charge >= 0.3 is 0 Å². The zero-order valence-corrected chi connectivity index (χ0v) is 10.8. The fraction of sp³-hybridized carbons (Fsp3) is 0.600. The van der Waals surface area contributed by atoms with Crippen molar-refractivity contribution in [2.75, 3.05) is 18.0 Å². The van der Waals surface area contributed by atoms with Crippen molar-refractivity contribution in [2.45, 2.75) is 24.9 Å². The zero-order chi connectivity index (χ0) is 10.3. The summed E-state index contributed by atoms with van der Waals surface area (Å²) < 4.78 is 12.7. The molecule has 2 bridgehead atoms. The summed E-state index contributed by atoms with van der Waals surface area (Å²) in [4.78, 5) is 10.2. The summed E-state index contributed by atoms with van der Waals surface area (Å²) >= 11 is 0. The third-order valence-electron chi connectivity index (χ3n) is 3.11. The number of anilines is 1. The molecule has 3 heterocycles. The van der Waals surface area contributed by atoms with E-state index in [1.165, 1.54) is 25.2 Å². The van der Waals surface area contributed by atoms with Gasteiger partial charge in [-0.3, -0.25) is 0 Å². The van der Waals surface area contributed by atoms with Crippen LogP contribution >= 0.6 is 24.8 Å². The topological polar surface area (TPSA) is 41.1 Å². The lowest BCUT2D eigenvalue weighted by Crippen LogP contribution is -2.51. The first kappa shape index (κ1) is 14.4. The monoisotopic (exact) mass is 280 g/mol. The Morgan fingerprint density at radius 1 is 1.12 bits per heavy atom. The van der Waals surface area contributed by atoms with E-state index in [2.05, 4.69) is 20.2 Å². The third-order valence-corrected chi connectivity index (χ3v) is 3.11. The molecule has 0 spiro atoms. The second-order valence-electron chi connectivity index (χ2n) is 4.24. The number of fused-ring (bicyclic) bond motifs is 2. The minimum atomic E-state index is -0.378. The smallest absolute Gasteiger partial charge is 0.225 e. The number of rotatable bonds is 1. The molecule has 1 aromatic rings. The SMILES string of the molecule is Cl.Cl.Fc1cnc(N2CC3CCC(C2)N3)nc1. The van der Waals surface area contributed by atoms with E-state index in [0.29, 0.717) is 18.0 Å². The Bertz CT molecular complexity index is 350. The highest BCUT2D eigenvalue weighted by molar-refractivity contribution is 5.85. The molecule has 0 saturated carbocycles. The lowest BCUT2D eigenvalue weighted by atomic mass is 10.2. The maximum absolute atomic E-state index is 12.7. The van der Waals surface area contributed by atoms with Crippen LogP contribution in [0.5, 0.6) is 0 Å². The summed E-state index contributed by atoms with van der Waals surface area (Å²) in [7, 11) is 0. The Morgan fingerprint density at radius 2 is 1.65 bits per heavy atom. The molecular weight excluding hydrogens is 266 g/mol. The Kier molecular flexibility index (Phi) is 4.91. The molecule has 2 aliphatic rings. The molecule has 0 aliphatic carbocycles. The maximum atomic E-state index is 12.7. The fourth-order valence-electron chi connectivity index (χ4n) is 2.43. The summed E-state index contributed by atoms with van der Waals surface area (Å²) in [5.41, 5.74) is 0. The zero-order valence-electron chi connectivity index (χ0n) is 9.17. The Morgan fingerprint density at radius 3 is 2.18 bits per heavy atom. The summed E-state index contributed by atoms with van der Waals surface area (Å²) in [6.07, 6.45) is 4.91. The van der Waals surface area contributed by atoms with Gasteiger partial charge in [0.25, 0.3) is 0 Å². The van der Waals surface area contributed by atoms with Gasteiger partial charge in [0.1, 0.15) is 0 Å². The van der Waals surface area contributed by atoms with Gasteiger partial charge in [0, 0.05) is 25.2 Å². The van der Waals surface area contributed by atoms with Crippen molar-refractivity contribution >= 4 is 30.8 Å². The van der Waals surface area contributed by atoms with E-state index < -0.39 is 0 Å². The Labute approximate surface area is 112 Å². The molecule has 2 atom stereocenters. The van der Waals surface area contributed by atoms with Crippen molar-refractivity contribution in [3.05, 3.63) is 18.2 Å². The number of hydrogen-bond donors (Lipinski definition) is 1. The highest BCUT2D eigenvalue weighted by Gasteiger charge is 2.32. The molecule has 1 N–H and O–H groups in total. The van der Waals surface area contributed by atoms with Gasteiger partial charge in [0.15, 0.2) is 5.82 Å². The van der Waals surface area contributed by atoms with Crippen LogP contribution in [-0.2, 0) is 0 Å². The van der Waals surface area contributed by atoms with Crippen LogP contribution in [0, 0.1) is 5.82 Å². The van der Waals surface area contributed by atoms with E-state index in [1.807, 2.05) is 0 Å². The third kappa shape index (κ3) is 2.97. The van der Waals surface area contributed by atoms with E-state index >= 15 is 0 Å². The number of nitrogens with zero attached hydrogens (tertiary/aromatic N) is 3. The molecule has 0 amide bonds. The largest absolute Gasteiger partial charge is 0.338 e. The molecule has 7 heteroatoms. The van der Waals surface area contributed by atoms with Gasteiger partial charge in [-0.25, -0.2) is 14.4 Å². The molecule has 0 aromatic carbocycles. The number of hydrogen-bond acceptors (Lipinski definition) is 4. The van der Waals surface area contributed by atoms with Crippen molar-refractivity contribution in [3.63, 3.8) is 0 Å². The molecular formula is C10H15Cl2FN4. The second-order valence-corrected chi connectivity index (χ2v) is 4.24. The van der Waals surface area contributed by atoms with Gasteiger partial charge in [0.05, 0.1) is 12.4 Å². The molecule has 4 nitrogen and oxygen atoms in total. The summed E-state index contributed by atoms with van der Waals surface area (Å²) in [5, 5.41) is 3.53. The quantitative estimate of drug-likeness (QED) is 0.845. The average molecular weight is 281 g/mol. The highest BCUT2D eigenvalue weighted by atomic mass is 35.5. The lowest BCUT2D eigenvalue weighted by molar-refractivity contribution is 0.460. The van der Waals surface area contributed by atoms with Crippen LogP contribution in [0.4, 0.5) is 10.3 Å². The molecule has 96 valence electrons. The first-order valence-electron chi connectivity index (χ1n) is 5.30. The Balaban J connectivity index is 0.000000722. The molecule has 0 radical (unpaired) electrons. The van der Waals surface area contributed by atoms with Gasteiger partial charge in [-0.1, -0.05) is 0 Å². The number of halogens is 3. The molecule has 2 fully saturated rings. The molecule has 3 rings (SSSR count). The summed E-state index contributed by atoms with van der Waals surface area (Å²) in [6.45, 7) is 1.87.